The molecule has 1 fully saturated rings. The summed E-state index contributed by atoms with van der Waals surface area (Å²) in [5.74, 6) is 1.01. The van der Waals surface area contributed by atoms with Gasteiger partial charge in [0.25, 0.3) is 0 Å². The van der Waals surface area contributed by atoms with Gasteiger partial charge in [-0.15, -0.1) is 11.6 Å². The number of hydrogen-bond donors (Lipinski definition) is 1. The van der Waals surface area contributed by atoms with Crippen molar-refractivity contribution in [3.05, 3.63) is 11.8 Å². The molecular formula is C10H14ClN3O. The van der Waals surface area contributed by atoms with Crippen molar-refractivity contribution in [3.63, 3.8) is 0 Å². The first-order valence-corrected chi connectivity index (χ1v) is 5.71. The molecule has 15 heavy (non-hydrogen) atoms. The number of halogens is 1. The van der Waals surface area contributed by atoms with Gasteiger partial charge in [-0.25, -0.2) is 0 Å². The molecule has 1 amide bonds. The Balaban J connectivity index is 2.15. The third-order valence-corrected chi connectivity index (χ3v) is 2.74. The average Bonchev–Trinajstić information content (AvgIpc) is 3.00. The third-order valence-electron chi connectivity index (χ3n) is 2.50. The number of rotatable bonds is 4. The Labute approximate surface area is 93.6 Å². The van der Waals surface area contributed by atoms with Crippen LogP contribution in [0.3, 0.4) is 0 Å². The fourth-order valence-corrected chi connectivity index (χ4v) is 1.70. The van der Waals surface area contributed by atoms with E-state index in [1.54, 1.807) is 0 Å². The molecule has 5 heteroatoms. The van der Waals surface area contributed by atoms with E-state index in [1.807, 2.05) is 17.7 Å². The second kappa shape index (κ2) is 4.23. The number of nitrogens with zero attached hydrogens (tertiary/aromatic N) is 2. The van der Waals surface area contributed by atoms with Crippen LogP contribution in [0.25, 0.3) is 0 Å². The molecule has 0 radical (unpaired) electrons. The Bertz CT molecular complexity index is 371. The summed E-state index contributed by atoms with van der Waals surface area (Å²) in [6.45, 7) is 2.88. The number of hydrogen-bond acceptors (Lipinski definition) is 2. The van der Waals surface area contributed by atoms with Gasteiger partial charge in [-0.1, -0.05) is 0 Å². The van der Waals surface area contributed by atoms with Gasteiger partial charge in [-0.3, -0.25) is 9.48 Å². The number of aryl methyl sites for hydroxylation is 1. The second-order valence-electron chi connectivity index (χ2n) is 3.73. The van der Waals surface area contributed by atoms with Crippen LogP contribution in [0.15, 0.2) is 6.07 Å². The molecule has 4 nitrogen and oxygen atoms in total. The molecule has 0 bridgehead atoms. The normalized spacial score (nSPS) is 15.3. The van der Waals surface area contributed by atoms with Crippen LogP contribution in [0, 0.1) is 0 Å². The van der Waals surface area contributed by atoms with Gasteiger partial charge in [0.1, 0.15) is 5.88 Å². The summed E-state index contributed by atoms with van der Waals surface area (Å²) in [6, 6.07) is 1.95. The maximum Gasteiger partial charge on any atom is 0.240 e. The highest BCUT2D eigenvalue weighted by atomic mass is 35.5. The predicted molar refractivity (Wildman–Crippen MR) is 59.2 cm³/mol. The van der Waals surface area contributed by atoms with Gasteiger partial charge in [-0.05, 0) is 19.8 Å². The summed E-state index contributed by atoms with van der Waals surface area (Å²) < 4.78 is 1.95. The lowest BCUT2D eigenvalue weighted by Gasteiger charge is -2.00. The number of carbonyl (C=O) groups is 1. The Morgan fingerprint density at radius 3 is 3.00 bits per heavy atom. The lowest BCUT2D eigenvalue weighted by Crippen LogP contribution is -2.13. The third kappa shape index (κ3) is 2.31. The van der Waals surface area contributed by atoms with E-state index in [1.165, 1.54) is 18.5 Å². The van der Waals surface area contributed by atoms with E-state index < -0.39 is 0 Å². The van der Waals surface area contributed by atoms with Crippen molar-refractivity contribution in [3.8, 4) is 0 Å². The molecule has 0 spiro atoms. The predicted octanol–water partition coefficient (Wildman–Crippen LogP) is 1.96. The first kappa shape index (κ1) is 10.5. The van der Waals surface area contributed by atoms with E-state index in [0.29, 0.717) is 11.7 Å². The van der Waals surface area contributed by atoms with Crippen LogP contribution in [-0.2, 0) is 11.3 Å². The molecule has 0 aliphatic heterocycles. The van der Waals surface area contributed by atoms with Crippen LogP contribution in [0.5, 0.6) is 0 Å². The Morgan fingerprint density at radius 1 is 1.73 bits per heavy atom. The maximum absolute atomic E-state index is 11.1. The fourth-order valence-electron chi connectivity index (χ4n) is 1.63. The van der Waals surface area contributed by atoms with Gasteiger partial charge >= 0.3 is 0 Å². The first-order valence-electron chi connectivity index (χ1n) is 5.18. The number of amides is 1. The molecule has 1 saturated carbocycles. The zero-order valence-electron chi connectivity index (χ0n) is 8.66. The summed E-state index contributed by atoms with van der Waals surface area (Å²) in [5, 5.41) is 6.97. The molecule has 1 aliphatic rings. The highest BCUT2D eigenvalue weighted by molar-refractivity contribution is 6.28. The minimum absolute atomic E-state index is 0.0300. The van der Waals surface area contributed by atoms with Crippen molar-refractivity contribution in [2.45, 2.75) is 32.2 Å². The fraction of sp³-hybridized carbons (Fsp3) is 0.600. The summed E-state index contributed by atoms with van der Waals surface area (Å²) in [4.78, 5) is 11.1. The minimum atomic E-state index is -0.209. The number of nitrogens with one attached hydrogen (secondary N) is 1. The highest BCUT2D eigenvalue weighted by Crippen LogP contribution is 2.40. The van der Waals surface area contributed by atoms with E-state index in [0.717, 1.165) is 6.54 Å². The van der Waals surface area contributed by atoms with Gasteiger partial charge in [0.05, 0.1) is 0 Å². The molecule has 1 heterocycles. The lowest BCUT2D eigenvalue weighted by molar-refractivity contribution is -0.113. The molecule has 1 aromatic rings. The van der Waals surface area contributed by atoms with Crippen molar-refractivity contribution in [1.29, 1.82) is 0 Å². The second-order valence-corrected chi connectivity index (χ2v) is 3.99. The number of alkyl halides is 1. The molecule has 2 rings (SSSR count). The monoisotopic (exact) mass is 227 g/mol. The zero-order valence-corrected chi connectivity index (χ0v) is 9.42. The molecule has 0 aromatic carbocycles. The standard InChI is InChI=1S/C10H14ClN3O/c1-2-14-8(7-3-4-7)5-9(13-14)12-10(15)6-11/h5,7H,2-4,6H2,1H3,(H,12,13,15). The summed E-state index contributed by atoms with van der Waals surface area (Å²) in [6.07, 6.45) is 2.46. The number of anilines is 1. The zero-order chi connectivity index (χ0) is 10.8. The van der Waals surface area contributed by atoms with E-state index >= 15 is 0 Å². The van der Waals surface area contributed by atoms with Crippen molar-refractivity contribution in [2.24, 2.45) is 0 Å². The highest BCUT2D eigenvalue weighted by Gasteiger charge is 2.27. The Morgan fingerprint density at radius 2 is 2.47 bits per heavy atom. The van der Waals surface area contributed by atoms with E-state index in [4.69, 9.17) is 11.6 Å². The van der Waals surface area contributed by atoms with E-state index in [-0.39, 0.29) is 11.8 Å². The molecule has 1 N–H and O–H groups in total. The maximum atomic E-state index is 11.1. The number of carbonyl (C=O) groups excluding carboxylic acids is 1. The molecule has 1 aromatic heterocycles. The van der Waals surface area contributed by atoms with Crippen LogP contribution in [-0.4, -0.2) is 21.6 Å². The molecule has 0 atom stereocenters. The SMILES string of the molecule is CCn1nc(NC(=O)CCl)cc1C1CC1. The molecular weight excluding hydrogens is 214 g/mol. The minimum Gasteiger partial charge on any atom is -0.308 e. The van der Waals surface area contributed by atoms with Gasteiger partial charge in [-0.2, -0.15) is 5.10 Å². The largest absolute Gasteiger partial charge is 0.308 e. The molecule has 1 aliphatic carbocycles. The summed E-state index contributed by atoms with van der Waals surface area (Å²) in [5.41, 5.74) is 1.22. The van der Waals surface area contributed by atoms with E-state index in [2.05, 4.69) is 10.4 Å². The van der Waals surface area contributed by atoms with E-state index in [9.17, 15) is 4.79 Å². The topological polar surface area (TPSA) is 46.9 Å². The van der Waals surface area contributed by atoms with Gasteiger partial charge < -0.3 is 5.32 Å². The Hall–Kier alpha value is -1.03. The summed E-state index contributed by atoms with van der Waals surface area (Å²) >= 11 is 5.41. The van der Waals surface area contributed by atoms with Crippen molar-refractivity contribution in [2.75, 3.05) is 11.2 Å². The van der Waals surface area contributed by atoms with Crippen LogP contribution in [0.4, 0.5) is 5.82 Å². The Kier molecular flexibility index (Phi) is 2.95. The molecule has 0 saturated heterocycles. The van der Waals surface area contributed by atoms with Gasteiger partial charge in [0.15, 0.2) is 5.82 Å². The average molecular weight is 228 g/mol. The quantitative estimate of drug-likeness (QED) is 0.800. The van der Waals surface area contributed by atoms with Gasteiger partial charge in [0, 0.05) is 24.2 Å². The van der Waals surface area contributed by atoms with Crippen LogP contribution in [0.1, 0.15) is 31.4 Å². The summed E-state index contributed by atoms with van der Waals surface area (Å²) in [7, 11) is 0. The van der Waals surface area contributed by atoms with Crippen LogP contribution >= 0.6 is 11.6 Å². The van der Waals surface area contributed by atoms with Crippen LogP contribution in [0.2, 0.25) is 0 Å². The lowest BCUT2D eigenvalue weighted by atomic mass is 10.3. The van der Waals surface area contributed by atoms with Gasteiger partial charge in [0.2, 0.25) is 5.91 Å². The smallest absolute Gasteiger partial charge is 0.240 e. The van der Waals surface area contributed by atoms with Crippen molar-refractivity contribution >= 4 is 23.3 Å². The van der Waals surface area contributed by atoms with Crippen molar-refractivity contribution < 1.29 is 4.79 Å². The van der Waals surface area contributed by atoms with Crippen LogP contribution < -0.4 is 5.32 Å². The molecule has 82 valence electrons. The van der Waals surface area contributed by atoms with Crippen molar-refractivity contribution in [1.82, 2.24) is 9.78 Å². The molecule has 0 unspecified atom stereocenters. The first-order chi connectivity index (χ1) is 7.24. The number of aromatic nitrogens is 2.